The fraction of sp³-hybridized carbons (Fsp3) is 0.571. The molecule has 96 valence electrons. The van der Waals surface area contributed by atoms with Crippen LogP contribution in [0.15, 0.2) is 24.3 Å². The van der Waals surface area contributed by atoms with E-state index in [9.17, 15) is 0 Å². The molecule has 1 atom stereocenters. The standard InChI is InChI=1S/C14H24N2S/c1-12(8-9-17-3)16(2)11-14-7-5-4-6-13(14)10-15/h4-7,12H,8-11,15H2,1-3H3. The van der Waals surface area contributed by atoms with Gasteiger partial charge in [0, 0.05) is 19.1 Å². The number of nitrogens with two attached hydrogens (primary N) is 1. The second-order valence-corrected chi connectivity index (χ2v) is 5.50. The van der Waals surface area contributed by atoms with Crippen LogP contribution in [0.3, 0.4) is 0 Å². The summed E-state index contributed by atoms with van der Waals surface area (Å²) in [6.45, 7) is 3.91. The highest BCUT2D eigenvalue weighted by Crippen LogP contribution is 2.14. The van der Waals surface area contributed by atoms with E-state index in [1.165, 1.54) is 23.3 Å². The van der Waals surface area contributed by atoms with Crippen LogP contribution in [0.25, 0.3) is 0 Å². The third-order valence-corrected chi connectivity index (χ3v) is 3.89. The first-order valence-corrected chi connectivity index (χ1v) is 7.54. The Kier molecular flexibility index (Phi) is 6.63. The second kappa shape index (κ2) is 7.75. The van der Waals surface area contributed by atoms with E-state index in [0.717, 1.165) is 6.54 Å². The Morgan fingerprint density at radius 1 is 1.29 bits per heavy atom. The van der Waals surface area contributed by atoms with Gasteiger partial charge in [-0.3, -0.25) is 4.90 Å². The Hall–Kier alpha value is -0.510. The van der Waals surface area contributed by atoms with Crippen molar-refractivity contribution in [1.82, 2.24) is 4.90 Å². The number of hydrogen-bond acceptors (Lipinski definition) is 3. The fourth-order valence-corrected chi connectivity index (χ4v) is 2.42. The molecule has 2 N–H and O–H groups in total. The van der Waals surface area contributed by atoms with E-state index in [0.29, 0.717) is 12.6 Å². The monoisotopic (exact) mass is 252 g/mol. The van der Waals surface area contributed by atoms with Gasteiger partial charge in [-0.15, -0.1) is 0 Å². The highest BCUT2D eigenvalue weighted by Gasteiger charge is 2.10. The summed E-state index contributed by atoms with van der Waals surface area (Å²) in [6.07, 6.45) is 3.40. The summed E-state index contributed by atoms with van der Waals surface area (Å²) in [5.74, 6) is 1.23. The molecule has 0 fully saturated rings. The van der Waals surface area contributed by atoms with Crippen LogP contribution in [0.2, 0.25) is 0 Å². The highest BCUT2D eigenvalue weighted by atomic mass is 32.2. The van der Waals surface area contributed by atoms with Crippen LogP contribution in [0.4, 0.5) is 0 Å². The van der Waals surface area contributed by atoms with E-state index in [1.807, 2.05) is 11.8 Å². The molecule has 1 unspecified atom stereocenters. The van der Waals surface area contributed by atoms with E-state index < -0.39 is 0 Å². The third kappa shape index (κ3) is 4.70. The van der Waals surface area contributed by atoms with Crippen LogP contribution in [-0.2, 0) is 13.1 Å². The van der Waals surface area contributed by atoms with E-state index in [1.54, 1.807) is 0 Å². The predicted molar refractivity (Wildman–Crippen MR) is 78.3 cm³/mol. The van der Waals surface area contributed by atoms with Crippen molar-refractivity contribution in [2.75, 3.05) is 19.1 Å². The van der Waals surface area contributed by atoms with Gasteiger partial charge in [-0.25, -0.2) is 0 Å². The molecule has 1 aromatic rings. The largest absolute Gasteiger partial charge is 0.326 e. The summed E-state index contributed by atoms with van der Waals surface area (Å²) in [4.78, 5) is 2.41. The van der Waals surface area contributed by atoms with Crippen molar-refractivity contribution in [3.8, 4) is 0 Å². The molecule has 0 bridgehead atoms. The van der Waals surface area contributed by atoms with Gasteiger partial charge in [0.1, 0.15) is 0 Å². The van der Waals surface area contributed by atoms with Gasteiger partial charge in [0.25, 0.3) is 0 Å². The van der Waals surface area contributed by atoms with E-state index >= 15 is 0 Å². The maximum atomic E-state index is 5.76. The zero-order valence-corrected chi connectivity index (χ0v) is 12.0. The Bertz CT molecular complexity index is 328. The van der Waals surface area contributed by atoms with Crippen LogP contribution in [0, 0.1) is 0 Å². The molecular weight excluding hydrogens is 228 g/mol. The molecule has 0 aliphatic rings. The number of hydrogen-bond donors (Lipinski definition) is 1. The molecule has 3 heteroatoms. The summed E-state index contributed by atoms with van der Waals surface area (Å²) < 4.78 is 0. The maximum Gasteiger partial charge on any atom is 0.0236 e. The average molecular weight is 252 g/mol. The summed E-state index contributed by atoms with van der Waals surface area (Å²) in [7, 11) is 2.19. The van der Waals surface area contributed by atoms with E-state index in [2.05, 4.69) is 49.4 Å². The molecule has 2 nitrogen and oxygen atoms in total. The number of thioether (sulfide) groups is 1. The van der Waals surface area contributed by atoms with Crippen LogP contribution in [-0.4, -0.2) is 30.0 Å². The van der Waals surface area contributed by atoms with Crippen molar-refractivity contribution in [2.45, 2.75) is 32.5 Å². The molecule has 0 aliphatic heterocycles. The number of benzene rings is 1. The number of nitrogens with zero attached hydrogens (tertiary/aromatic N) is 1. The minimum Gasteiger partial charge on any atom is -0.326 e. The molecule has 0 aliphatic carbocycles. The smallest absolute Gasteiger partial charge is 0.0236 e. The Labute approximate surface area is 110 Å². The zero-order chi connectivity index (χ0) is 12.7. The van der Waals surface area contributed by atoms with Gasteiger partial charge in [0.2, 0.25) is 0 Å². The number of rotatable bonds is 7. The van der Waals surface area contributed by atoms with Crippen LogP contribution in [0.1, 0.15) is 24.5 Å². The lowest BCUT2D eigenvalue weighted by Crippen LogP contribution is -2.29. The first-order chi connectivity index (χ1) is 8.19. The zero-order valence-electron chi connectivity index (χ0n) is 11.1. The minimum atomic E-state index is 0.619. The first-order valence-electron chi connectivity index (χ1n) is 6.15. The van der Waals surface area contributed by atoms with Crippen LogP contribution < -0.4 is 5.73 Å². The van der Waals surface area contributed by atoms with E-state index in [4.69, 9.17) is 5.73 Å². The van der Waals surface area contributed by atoms with E-state index in [-0.39, 0.29) is 0 Å². The summed E-state index contributed by atoms with van der Waals surface area (Å²) in [5, 5.41) is 0. The second-order valence-electron chi connectivity index (χ2n) is 4.52. The van der Waals surface area contributed by atoms with Crippen molar-refractivity contribution >= 4 is 11.8 Å². The Balaban J connectivity index is 2.57. The molecule has 0 heterocycles. The van der Waals surface area contributed by atoms with Gasteiger partial charge in [0.05, 0.1) is 0 Å². The summed E-state index contributed by atoms with van der Waals surface area (Å²) >= 11 is 1.91. The van der Waals surface area contributed by atoms with Gasteiger partial charge in [-0.2, -0.15) is 11.8 Å². The molecule has 0 amide bonds. The van der Waals surface area contributed by atoms with Crippen LogP contribution in [0.5, 0.6) is 0 Å². The van der Waals surface area contributed by atoms with Crippen molar-refractivity contribution in [3.05, 3.63) is 35.4 Å². The third-order valence-electron chi connectivity index (χ3n) is 3.25. The van der Waals surface area contributed by atoms with Gasteiger partial charge in [0.15, 0.2) is 0 Å². The lowest BCUT2D eigenvalue weighted by molar-refractivity contribution is 0.244. The Morgan fingerprint density at radius 3 is 2.53 bits per heavy atom. The van der Waals surface area contributed by atoms with Crippen molar-refractivity contribution in [2.24, 2.45) is 5.73 Å². The lowest BCUT2D eigenvalue weighted by atomic mass is 10.1. The molecule has 17 heavy (non-hydrogen) atoms. The van der Waals surface area contributed by atoms with Crippen LogP contribution >= 0.6 is 11.8 Å². The Morgan fingerprint density at radius 2 is 1.94 bits per heavy atom. The fourth-order valence-electron chi connectivity index (χ4n) is 1.84. The minimum absolute atomic E-state index is 0.619. The quantitative estimate of drug-likeness (QED) is 0.809. The topological polar surface area (TPSA) is 29.3 Å². The molecule has 0 saturated carbocycles. The predicted octanol–water partition coefficient (Wildman–Crippen LogP) is 2.72. The van der Waals surface area contributed by atoms with Gasteiger partial charge in [-0.05, 0) is 43.5 Å². The lowest BCUT2D eigenvalue weighted by Gasteiger charge is -2.25. The van der Waals surface area contributed by atoms with Crippen molar-refractivity contribution in [3.63, 3.8) is 0 Å². The SMILES string of the molecule is CSCCC(C)N(C)Cc1ccccc1CN. The highest BCUT2D eigenvalue weighted by molar-refractivity contribution is 7.98. The van der Waals surface area contributed by atoms with Gasteiger partial charge in [-0.1, -0.05) is 24.3 Å². The molecule has 1 aromatic carbocycles. The first kappa shape index (κ1) is 14.6. The summed E-state index contributed by atoms with van der Waals surface area (Å²) in [5.41, 5.74) is 8.38. The molecule has 0 saturated heterocycles. The average Bonchev–Trinajstić information content (AvgIpc) is 2.36. The van der Waals surface area contributed by atoms with Crippen molar-refractivity contribution < 1.29 is 0 Å². The van der Waals surface area contributed by atoms with Gasteiger partial charge < -0.3 is 5.73 Å². The molecule has 0 radical (unpaired) electrons. The maximum absolute atomic E-state index is 5.76. The molecule has 0 spiro atoms. The normalized spacial score (nSPS) is 13.0. The van der Waals surface area contributed by atoms with Gasteiger partial charge >= 0.3 is 0 Å². The molecule has 0 aromatic heterocycles. The molecule has 1 rings (SSSR count). The molecular formula is C14H24N2S. The summed E-state index contributed by atoms with van der Waals surface area (Å²) in [6, 6.07) is 9.07. The van der Waals surface area contributed by atoms with Crippen molar-refractivity contribution in [1.29, 1.82) is 0 Å².